The predicted octanol–water partition coefficient (Wildman–Crippen LogP) is 3.02. The summed E-state index contributed by atoms with van der Waals surface area (Å²) < 4.78 is 5.27. The minimum absolute atomic E-state index is 0.0725. The summed E-state index contributed by atoms with van der Waals surface area (Å²) in [6.45, 7) is 9.99. The van der Waals surface area contributed by atoms with Crippen molar-refractivity contribution in [2.75, 3.05) is 7.11 Å². The molecule has 1 rings (SSSR count). The van der Waals surface area contributed by atoms with E-state index in [4.69, 9.17) is 4.74 Å². The fourth-order valence-corrected chi connectivity index (χ4v) is 2.64. The van der Waals surface area contributed by atoms with Crippen LogP contribution in [0.25, 0.3) is 0 Å². The summed E-state index contributed by atoms with van der Waals surface area (Å²) in [6.07, 6.45) is 3.81. The average molecular weight is 211 g/mol. The van der Waals surface area contributed by atoms with E-state index in [-0.39, 0.29) is 11.6 Å². The highest BCUT2D eigenvalue weighted by molar-refractivity contribution is 8.17. The lowest BCUT2D eigenvalue weighted by Gasteiger charge is -2.14. The second-order valence-electron chi connectivity index (χ2n) is 3.66. The van der Waals surface area contributed by atoms with Crippen LogP contribution in [0.1, 0.15) is 20.8 Å². The zero-order valence-electron chi connectivity index (χ0n) is 9.20. The van der Waals surface area contributed by atoms with Crippen LogP contribution in [0, 0.1) is 0 Å². The summed E-state index contributed by atoms with van der Waals surface area (Å²) in [5, 5.41) is 1.00. The first-order valence-corrected chi connectivity index (χ1v) is 5.46. The number of thioether (sulfide) groups is 1. The van der Waals surface area contributed by atoms with Crippen molar-refractivity contribution in [3.8, 4) is 0 Å². The molecule has 78 valence electrons. The van der Waals surface area contributed by atoms with E-state index in [0.717, 1.165) is 5.04 Å². The van der Waals surface area contributed by atoms with Gasteiger partial charge in [-0.05, 0) is 20.8 Å². The summed E-state index contributed by atoms with van der Waals surface area (Å²) in [6, 6.07) is 0. The quantitative estimate of drug-likeness (QED) is 0.669. The molecule has 0 spiro atoms. The van der Waals surface area contributed by atoms with Gasteiger partial charge in [-0.3, -0.25) is 4.99 Å². The van der Waals surface area contributed by atoms with Gasteiger partial charge in [0, 0.05) is 12.0 Å². The molecule has 0 N–H and O–H groups in total. The summed E-state index contributed by atoms with van der Waals surface area (Å²) in [5.41, 5.74) is -0.103. The van der Waals surface area contributed by atoms with Crippen molar-refractivity contribution in [2.24, 2.45) is 4.99 Å². The third kappa shape index (κ3) is 2.10. The van der Waals surface area contributed by atoms with Crippen molar-refractivity contribution in [1.29, 1.82) is 0 Å². The Morgan fingerprint density at radius 2 is 2.21 bits per heavy atom. The smallest absolute Gasteiger partial charge is 0.123 e. The van der Waals surface area contributed by atoms with Gasteiger partial charge in [0.25, 0.3) is 0 Å². The molecular formula is C11H17NOS. The highest BCUT2D eigenvalue weighted by atomic mass is 32.2. The van der Waals surface area contributed by atoms with Crippen LogP contribution in [-0.4, -0.2) is 23.8 Å². The molecule has 0 saturated carbocycles. The van der Waals surface area contributed by atoms with Crippen LogP contribution in [-0.2, 0) is 4.74 Å². The van der Waals surface area contributed by atoms with Gasteiger partial charge in [0.15, 0.2) is 0 Å². The Bertz CT molecular complexity index is 292. The van der Waals surface area contributed by atoms with Crippen LogP contribution >= 0.6 is 11.8 Å². The monoisotopic (exact) mass is 211 g/mol. The highest BCUT2D eigenvalue weighted by Gasteiger charge is 2.33. The minimum Gasteiger partial charge on any atom is -0.370 e. The standard InChI is InChI=1S/C11H17NOS/c1-6-8(13-5)10-12-11(3,4)9(7-2)14-10/h6-8H,1H2,2-5H3. The Hall–Kier alpha value is -0.540. The number of nitrogens with zero attached hydrogens (tertiary/aromatic N) is 1. The van der Waals surface area contributed by atoms with E-state index >= 15 is 0 Å². The number of ether oxygens (including phenoxy) is 1. The molecule has 0 saturated heterocycles. The first-order valence-electron chi connectivity index (χ1n) is 4.65. The van der Waals surface area contributed by atoms with Crippen LogP contribution in [0.4, 0.5) is 0 Å². The Morgan fingerprint density at radius 1 is 1.57 bits per heavy atom. The van der Waals surface area contributed by atoms with Crippen LogP contribution < -0.4 is 0 Å². The largest absolute Gasteiger partial charge is 0.370 e. The van der Waals surface area contributed by atoms with Crippen molar-refractivity contribution in [2.45, 2.75) is 32.4 Å². The molecule has 0 aromatic carbocycles. The molecule has 0 bridgehead atoms. The van der Waals surface area contributed by atoms with Crippen molar-refractivity contribution in [1.82, 2.24) is 0 Å². The Labute approximate surface area is 90.1 Å². The van der Waals surface area contributed by atoms with Crippen LogP contribution in [0.5, 0.6) is 0 Å². The van der Waals surface area contributed by atoms with Gasteiger partial charge in [0.2, 0.25) is 0 Å². The maximum absolute atomic E-state index is 5.27. The number of hydrogen-bond acceptors (Lipinski definition) is 3. The molecule has 1 atom stereocenters. The molecule has 1 aliphatic heterocycles. The van der Waals surface area contributed by atoms with Gasteiger partial charge in [0.05, 0.1) is 5.54 Å². The number of rotatable bonds is 3. The fourth-order valence-electron chi connectivity index (χ4n) is 1.42. The van der Waals surface area contributed by atoms with Crippen LogP contribution in [0.3, 0.4) is 0 Å². The molecule has 14 heavy (non-hydrogen) atoms. The third-order valence-corrected chi connectivity index (χ3v) is 3.67. The Morgan fingerprint density at radius 3 is 2.57 bits per heavy atom. The average Bonchev–Trinajstić information content (AvgIpc) is 2.43. The molecular weight excluding hydrogens is 194 g/mol. The molecule has 0 fully saturated rings. The third-order valence-electron chi connectivity index (χ3n) is 2.18. The molecule has 0 aliphatic carbocycles. The van der Waals surface area contributed by atoms with Crippen LogP contribution in [0.15, 0.2) is 28.6 Å². The van der Waals surface area contributed by atoms with Gasteiger partial charge < -0.3 is 4.74 Å². The zero-order valence-corrected chi connectivity index (χ0v) is 10.0. The van der Waals surface area contributed by atoms with Crippen molar-refractivity contribution in [3.05, 3.63) is 23.6 Å². The van der Waals surface area contributed by atoms with E-state index in [1.165, 1.54) is 4.91 Å². The molecule has 1 aliphatic rings. The van der Waals surface area contributed by atoms with Crippen LogP contribution in [0.2, 0.25) is 0 Å². The van der Waals surface area contributed by atoms with E-state index in [1.807, 2.05) is 6.92 Å². The van der Waals surface area contributed by atoms with E-state index in [1.54, 1.807) is 24.9 Å². The lowest BCUT2D eigenvalue weighted by Crippen LogP contribution is -2.17. The lowest BCUT2D eigenvalue weighted by atomic mass is 10.1. The van der Waals surface area contributed by atoms with E-state index in [0.29, 0.717) is 0 Å². The molecule has 0 aromatic rings. The SMILES string of the molecule is C=CC(OC)C1=NC(C)(C)C(=CC)S1. The molecule has 1 unspecified atom stereocenters. The summed E-state index contributed by atoms with van der Waals surface area (Å²) in [5.74, 6) is 0. The predicted molar refractivity (Wildman–Crippen MR) is 63.9 cm³/mol. The van der Waals surface area contributed by atoms with Crippen molar-refractivity contribution >= 4 is 16.8 Å². The van der Waals surface area contributed by atoms with Gasteiger partial charge in [0.1, 0.15) is 11.1 Å². The second kappa shape index (κ2) is 4.32. The van der Waals surface area contributed by atoms with Gasteiger partial charge >= 0.3 is 0 Å². The van der Waals surface area contributed by atoms with E-state index in [2.05, 4.69) is 31.5 Å². The fraction of sp³-hybridized carbons (Fsp3) is 0.545. The van der Waals surface area contributed by atoms with Gasteiger partial charge in [-0.25, -0.2) is 0 Å². The zero-order chi connectivity index (χ0) is 10.8. The number of aliphatic imine (C=N–C) groups is 1. The first kappa shape index (κ1) is 11.5. The Kier molecular flexibility index (Phi) is 3.56. The molecule has 0 aromatic heterocycles. The van der Waals surface area contributed by atoms with E-state index < -0.39 is 0 Å². The van der Waals surface area contributed by atoms with E-state index in [9.17, 15) is 0 Å². The highest BCUT2D eigenvalue weighted by Crippen LogP contribution is 2.40. The number of methoxy groups -OCH3 is 1. The molecule has 0 amide bonds. The molecule has 1 heterocycles. The second-order valence-corrected chi connectivity index (χ2v) is 4.72. The maximum atomic E-state index is 5.27. The Balaban J connectivity index is 2.91. The van der Waals surface area contributed by atoms with Gasteiger partial charge in [-0.2, -0.15) is 0 Å². The lowest BCUT2D eigenvalue weighted by molar-refractivity contribution is 0.193. The first-order chi connectivity index (χ1) is 6.55. The minimum atomic E-state index is -0.103. The normalized spacial score (nSPS) is 24.9. The molecule has 0 radical (unpaired) electrons. The topological polar surface area (TPSA) is 21.6 Å². The van der Waals surface area contributed by atoms with Crippen molar-refractivity contribution < 1.29 is 4.74 Å². The van der Waals surface area contributed by atoms with Crippen molar-refractivity contribution in [3.63, 3.8) is 0 Å². The van der Waals surface area contributed by atoms with Gasteiger partial charge in [-0.1, -0.05) is 23.9 Å². The van der Waals surface area contributed by atoms with Gasteiger partial charge in [-0.15, -0.1) is 6.58 Å². The number of allylic oxidation sites excluding steroid dienone is 1. The molecule has 3 heteroatoms. The summed E-state index contributed by atoms with van der Waals surface area (Å²) in [4.78, 5) is 5.90. The summed E-state index contributed by atoms with van der Waals surface area (Å²) >= 11 is 1.69. The molecule has 2 nitrogen and oxygen atoms in total. The number of hydrogen-bond donors (Lipinski definition) is 0. The summed E-state index contributed by atoms with van der Waals surface area (Å²) in [7, 11) is 1.68. The maximum Gasteiger partial charge on any atom is 0.123 e.